The van der Waals surface area contributed by atoms with E-state index in [1.807, 2.05) is 0 Å². The van der Waals surface area contributed by atoms with Crippen molar-refractivity contribution >= 4 is 40.1 Å². The molecule has 0 aliphatic carbocycles. The summed E-state index contributed by atoms with van der Waals surface area (Å²) < 4.78 is 50.2. The topological polar surface area (TPSA) is 80.2 Å². The number of aliphatic imine (C=N–C) groups is 1. The number of ether oxygens (including phenoxy) is 2. The lowest BCUT2D eigenvalue weighted by Gasteiger charge is -2.32. The van der Waals surface area contributed by atoms with Crippen LogP contribution in [0.5, 0.6) is 11.5 Å². The summed E-state index contributed by atoms with van der Waals surface area (Å²) in [4.78, 5) is 32.1. The number of nitrogens with zero attached hydrogens (tertiary/aromatic N) is 2. The number of amides is 2. The summed E-state index contributed by atoms with van der Waals surface area (Å²) in [5.41, 5.74) is 0.402. The highest BCUT2D eigenvalue weighted by molar-refractivity contribution is 8.15. The molecule has 1 unspecified atom stereocenters. The molecule has 1 heterocycles. The van der Waals surface area contributed by atoms with Crippen LogP contribution in [0.25, 0.3) is 0 Å². The van der Waals surface area contributed by atoms with Gasteiger partial charge in [0.05, 0.1) is 32.0 Å². The standard InChI is InChI=1S/C27H24F3N3O4S/c1-36-21-11-9-17(10-12-21)16-33-24(34)15-23(25(35)31-20-7-4-8-22(14-20)37-2)38-26(33)32-19-6-3-5-18(13-19)27(28,29)30/h3-14,23H,15-16H2,1-2H3,(H,31,35). The van der Waals surface area contributed by atoms with Crippen LogP contribution < -0.4 is 14.8 Å². The van der Waals surface area contributed by atoms with Crippen molar-refractivity contribution in [3.8, 4) is 11.5 Å². The van der Waals surface area contributed by atoms with Gasteiger partial charge in [0, 0.05) is 18.2 Å². The van der Waals surface area contributed by atoms with Crippen LogP contribution in [-0.4, -0.2) is 41.4 Å². The van der Waals surface area contributed by atoms with Crippen LogP contribution in [0, 0.1) is 0 Å². The molecule has 1 aliphatic heterocycles. The van der Waals surface area contributed by atoms with Gasteiger partial charge >= 0.3 is 6.18 Å². The van der Waals surface area contributed by atoms with Crippen LogP contribution in [0.1, 0.15) is 17.5 Å². The molecule has 38 heavy (non-hydrogen) atoms. The van der Waals surface area contributed by atoms with Gasteiger partial charge in [-0.2, -0.15) is 13.2 Å². The third-order valence-electron chi connectivity index (χ3n) is 5.67. The number of methoxy groups -OCH3 is 2. The van der Waals surface area contributed by atoms with Gasteiger partial charge in [-0.05, 0) is 48.0 Å². The lowest BCUT2D eigenvalue weighted by atomic mass is 10.2. The van der Waals surface area contributed by atoms with Gasteiger partial charge in [-0.15, -0.1) is 0 Å². The van der Waals surface area contributed by atoms with Crippen LogP contribution in [-0.2, 0) is 22.3 Å². The van der Waals surface area contributed by atoms with E-state index in [2.05, 4.69) is 10.3 Å². The van der Waals surface area contributed by atoms with Gasteiger partial charge in [-0.3, -0.25) is 14.5 Å². The molecule has 0 saturated carbocycles. The predicted octanol–water partition coefficient (Wildman–Crippen LogP) is 5.88. The van der Waals surface area contributed by atoms with Crippen molar-refractivity contribution in [1.82, 2.24) is 4.90 Å². The number of halogens is 3. The van der Waals surface area contributed by atoms with Crippen molar-refractivity contribution in [1.29, 1.82) is 0 Å². The first kappa shape index (κ1) is 27.1. The maximum absolute atomic E-state index is 13.3. The van der Waals surface area contributed by atoms with Gasteiger partial charge in [0.2, 0.25) is 11.8 Å². The van der Waals surface area contributed by atoms with Gasteiger partial charge in [0.25, 0.3) is 0 Å². The number of carbonyl (C=O) groups excluding carboxylic acids is 2. The number of anilines is 1. The Morgan fingerprint density at radius 3 is 2.42 bits per heavy atom. The molecule has 1 aliphatic rings. The molecule has 198 valence electrons. The maximum atomic E-state index is 13.3. The summed E-state index contributed by atoms with van der Waals surface area (Å²) in [7, 11) is 3.04. The first-order chi connectivity index (χ1) is 18.2. The minimum atomic E-state index is -4.55. The Morgan fingerprint density at radius 2 is 1.74 bits per heavy atom. The largest absolute Gasteiger partial charge is 0.497 e. The second kappa shape index (κ2) is 11.6. The third-order valence-corrected chi connectivity index (χ3v) is 6.86. The molecule has 1 fully saturated rings. The minimum Gasteiger partial charge on any atom is -0.497 e. The zero-order chi connectivity index (χ0) is 27.3. The molecule has 7 nitrogen and oxygen atoms in total. The number of alkyl halides is 3. The molecule has 4 rings (SSSR count). The van der Waals surface area contributed by atoms with Crippen LogP contribution in [0.4, 0.5) is 24.5 Å². The molecule has 0 bridgehead atoms. The number of nitrogens with one attached hydrogen (secondary N) is 1. The van der Waals surface area contributed by atoms with E-state index < -0.39 is 22.9 Å². The quantitative estimate of drug-likeness (QED) is 0.403. The zero-order valence-corrected chi connectivity index (χ0v) is 21.3. The number of hydrogen-bond donors (Lipinski definition) is 1. The van der Waals surface area contributed by atoms with Gasteiger partial charge in [0.1, 0.15) is 16.7 Å². The molecule has 0 spiro atoms. The van der Waals surface area contributed by atoms with E-state index in [0.717, 1.165) is 29.5 Å². The predicted molar refractivity (Wildman–Crippen MR) is 140 cm³/mol. The van der Waals surface area contributed by atoms with E-state index in [-0.39, 0.29) is 29.7 Å². The second-order valence-electron chi connectivity index (χ2n) is 8.30. The smallest absolute Gasteiger partial charge is 0.416 e. The zero-order valence-electron chi connectivity index (χ0n) is 20.5. The molecule has 1 saturated heterocycles. The van der Waals surface area contributed by atoms with E-state index in [0.29, 0.717) is 17.2 Å². The van der Waals surface area contributed by atoms with Gasteiger partial charge in [0.15, 0.2) is 5.17 Å². The van der Waals surface area contributed by atoms with E-state index in [1.165, 1.54) is 31.3 Å². The van der Waals surface area contributed by atoms with Gasteiger partial charge < -0.3 is 14.8 Å². The molecule has 11 heteroatoms. The summed E-state index contributed by atoms with van der Waals surface area (Å²) in [6.45, 7) is 0.123. The molecule has 0 radical (unpaired) electrons. The summed E-state index contributed by atoms with van der Waals surface area (Å²) in [5.74, 6) is 0.376. The number of thioether (sulfide) groups is 1. The van der Waals surface area contributed by atoms with Crippen molar-refractivity contribution < 1.29 is 32.2 Å². The number of benzene rings is 3. The average molecular weight is 544 g/mol. The van der Waals surface area contributed by atoms with Crippen molar-refractivity contribution in [2.24, 2.45) is 4.99 Å². The molecular formula is C27H24F3N3O4S. The van der Waals surface area contributed by atoms with Crippen molar-refractivity contribution in [2.45, 2.75) is 24.4 Å². The normalized spacial score (nSPS) is 16.9. The van der Waals surface area contributed by atoms with E-state index in [4.69, 9.17) is 9.47 Å². The Hall–Kier alpha value is -3.99. The van der Waals surface area contributed by atoms with Crippen LogP contribution in [0.2, 0.25) is 0 Å². The van der Waals surface area contributed by atoms with Crippen LogP contribution >= 0.6 is 11.8 Å². The van der Waals surface area contributed by atoms with Crippen LogP contribution in [0.3, 0.4) is 0 Å². The first-order valence-corrected chi connectivity index (χ1v) is 12.3. The highest BCUT2D eigenvalue weighted by Gasteiger charge is 2.36. The van der Waals surface area contributed by atoms with E-state index in [9.17, 15) is 22.8 Å². The van der Waals surface area contributed by atoms with Crippen molar-refractivity contribution in [2.75, 3.05) is 19.5 Å². The first-order valence-electron chi connectivity index (χ1n) is 11.5. The van der Waals surface area contributed by atoms with Crippen molar-refractivity contribution in [3.63, 3.8) is 0 Å². The van der Waals surface area contributed by atoms with Gasteiger partial charge in [-0.1, -0.05) is 36.0 Å². The Kier molecular flexibility index (Phi) is 8.26. The van der Waals surface area contributed by atoms with Gasteiger partial charge in [-0.25, -0.2) is 4.99 Å². The SMILES string of the molecule is COc1ccc(CN2C(=O)CC(C(=O)Nc3cccc(OC)c3)SC2=Nc2cccc(C(F)(F)F)c2)cc1. The monoisotopic (exact) mass is 543 g/mol. The van der Waals surface area contributed by atoms with E-state index >= 15 is 0 Å². The summed E-state index contributed by atoms with van der Waals surface area (Å²) in [5, 5.41) is 2.05. The van der Waals surface area contributed by atoms with Crippen molar-refractivity contribution in [3.05, 3.63) is 83.9 Å². The summed E-state index contributed by atoms with van der Waals surface area (Å²) in [6.07, 6.45) is -4.66. The minimum absolute atomic E-state index is 0.0173. The second-order valence-corrected chi connectivity index (χ2v) is 9.47. The summed E-state index contributed by atoms with van der Waals surface area (Å²) >= 11 is 1.02. The lowest BCUT2D eigenvalue weighted by Crippen LogP contribution is -2.44. The highest BCUT2D eigenvalue weighted by atomic mass is 32.2. The Labute approximate surface area is 221 Å². The molecular weight excluding hydrogens is 519 g/mol. The fourth-order valence-corrected chi connectivity index (χ4v) is 4.79. The molecule has 3 aromatic rings. The molecule has 0 aromatic heterocycles. The molecule has 3 aromatic carbocycles. The Morgan fingerprint density at radius 1 is 1.03 bits per heavy atom. The molecule has 1 atom stereocenters. The third kappa shape index (κ3) is 6.65. The number of amidine groups is 1. The number of rotatable bonds is 7. The average Bonchev–Trinajstić information content (AvgIpc) is 2.90. The lowest BCUT2D eigenvalue weighted by molar-refractivity contribution is -0.137. The van der Waals surface area contributed by atoms with Crippen LogP contribution in [0.15, 0.2) is 77.8 Å². The Bertz CT molecular complexity index is 1350. The maximum Gasteiger partial charge on any atom is 0.416 e. The fraction of sp³-hybridized carbons (Fsp3) is 0.222. The molecule has 1 N–H and O–H groups in total. The fourth-order valence-electron chi connectivity index (χ4n) is 3.70. The number of carbonyl (C=O) groups is 2. The Balaban J connectivity index is 1.63. The van der Waals surface area contributed by atoms with E-state index in [1.54, 1.807) is 48.5 Å². The highest BCUT2D eigenvalue weighted by Crippen LogP contribution is 2.34. The molecule has 2 amide bonds. The number of hydrogen-bond acceptors (Lipinski definition) is 6. The summed E-state index contributed by atoms with van der Waals surface area (Å²) in [6, 6.07) is 18.3.